The smallest absolute Gasteiger partial charge is 0.379 e. The number of rotatable bonds is 7. The van der Waals surface area contributed by atoms with Gasteiger partial charge in [0.15, 0.2) is 11.0 Å². The molecule has 194 valence electrons. The molecule has 3 heterocycles. The molecule has 35 heavy (non-hydrogen) atoms. The fraction of sp³-hybridized carbons (Fsp3) is 0.632. The van der Waals surface area contributed by atoms with Crippen LogP contribution in [-0.2, 0) is 20.5 Å². The Balaban J connectivity index is 1.40. The number of hydrogen-bond acceptors (Lipinski definition) is 8. The van der Waals surface area contributed by atoms with Gasteiger partial charge in [-0.2, -0.15) is 31.4 Å². The molecule has 16 heteroatoms. The third kappa shape index (κ3) is 7.13. The fourth-order valence-corrected chi connectivity index (χ4v) is 4.25. The topological polar surface area (TPSA) is 99.5 Å². The highest BCUT2D eigenvalue weighted by Crippen LogP contribution is 2.36. The Morgan fingerprint density at radius 2 is 1.94 bits per heavy atom. The maximum Gasteiger partial charge on any atom is 0.427 e. The minimum atomic E-state index is -4.81. The van der Waals surface area contributed by atoms with Crippen LogP contribution in [0.1, 0.15) is 18.2 Å². The molecule has 1 N–H and O–H groups in total. The van der Waals surface area contributed by atoms with Gasteiger partial charge >= 0.3 is 12.4 Å². The highest BCUT2D eigenvalue weighted by Gasteiger charge is 2.49. The highest BCUT2D eigenvalue weighted by molar-refractivity contribution is 7.15. The predicted molar refractivity (Wildman–Crippen MR) is 114 cm³/mol. The van der Waals surface area contributed by atoms with E-state index in [1.807, 2.05) is 0 Å². The molecule has 1 aromatic heterocycles. The third-order valence-electron chi connectivity index (χ3n) is 5.12. The summed E-state index contributed by atoms with van der Waals surface area (Å²) in [6, 6.07) is -0.717. The summed E-state index contributed by atoms with van der Waals surface area (Å²) in [5.74, 6) is -3.94. The minimum absolute atomic E-state index is 0.00688. The van der Waals surface area contributed by atoms with Crippen molar-refractivity contribution in [2.24, 2.45) is 16.0 Å². The van der Waals surface area contributed by atoms with Gasteiger partial charge in [0, 0.05) is 26.2 Å². The lowest BCUT2D eigenvalue weighted by molar-refractivity contribution is -0.168. The van der Waals surface area contributed by atoms with E-state index >= 15 is 0 Å². The van der Waals surface area contributed by atoms with Crippen LogP contribution in [0, 0.1) is 5.92 Å². The number of aliphatic imine (C=N–C) groups is 1. The van der Waals surface area contributed by atoms with E-state index in [0.29, 0.717) is 37.5 Å². The third-order valence-corrected chi connectivity index (χ3v) is 6.22. The molecule has 2 aliphatic rings. The molecule has 0 radical (unpaired) electrons. The zero-order valence-electron chi connectivity index (χ0n) is 18.4. The van der Waals surface area contributed by atoms with Crippen LogP contribution in [0.25, 0.3) is 0 Å². The van der Waals surface area contributed by atoms with Gasteiger partial charge in [0.05, 0.1) is 43.8 Å². The van der Waals surface area contributed by atoms with E-state index < -0.39 is 40.8 Å². The molecule has 0 aromatic carbocycles. The molecule has 0 saturated carbocycles. The van der Waals surface area contributed by atoms with Crippen LogP contribution in [0.2, 0.25) is 0 Å². The second-order valence-electron chi connectivity index (χ2n) is 7.81. The molecule has 2 amide bonds. The number of carbonyl (C=O) groups is 2. The monoisotopic (exact) mass is 528 g/mol. The number of alkyl halides is 6. The standard InChI is InChI=1S/C19H22F6N6O3S/c1-11(28-12-8-27-29-16(33)15(12)19(23,24)25)10-34-7-2-14(32)30-3-5-31(6-4-30)17-26-9-13(35-17)18(20,21)22/h8-9,11,15H,2-7,10H2,1H3,(H,29,33)/t11-,15?/m0/s1. The van der Waals surface area contributed by atoms with Crippen LogP contribution in [0.5, 0.6) is 0 Å². The summed E-state index contributed by atoms with van der Waals surface area (Å²) < 4.78 is 82.9. The van der Waals surface area contributed by atoms with E-state index in [9.17, 15) is 35.9 Å². The first kappa shape index (κ1) is 26.8. The van der Waals surface area contributed by atoms with E-state index in [1.54, 1.807) is 15.2 Å². The molecule has 0 aliphatic carbocycles. The maximum absolute atomic E-state index is 13.1. The number of ether oxygens (including phenoxy) is 1. The predicted octanol–water partition coefficient (Wildman–Crippen LogP) is 2.34. The number of halogens is 6. The number of hydrazone groups is 1. The molecule has 3 rings (SSSR count). The summed E-state index contributed by atoms with van der Waals surface area (Å²) in [5, 5.41) is 3.61. The molecule has 0 spiro atoms. The Morgan fingerprint density at radius 1 is 1.26 bits per heavy atom. The molecular weight excluding hydrogens is 506 g/mol. The van der Waals surface area contributed by atoms with Crippen molar-refractivity contribution in [1.29, 1.82) is 0 Å². The van der Waals surface area contributed by atoms with E-state index in [1.165, 1.54) is 6.92 Å². The van der Waals surface area contributed by atoms with Gasteiger partial charge in [0.2, 0.25) is 5.91 Å². The Morgan fingerprint density at radius 3 is 2.54 bits per heavy atom. The largest absolute Gasteiger partial charge is 0.427 e. The van der Waals surface area contributed by atoms with Crippen LogP contribution in [-0.4, -0.2) is 85.2 Å². The molecule has 2 aliphatic heterocycles. The molecule has 2 atom stereocenters. The van der Waals surface area contributed by atoms with Crippen LogP contribution >= 0.6 is 11.3 Å². The van der Waals surface area contributed by atoms with Gasteiger partial charge in [0.25, 0.3) is 5.91 Å². The number of nitrogens with one attached hydrogen (secondary N) is 1. The van der Waals surface area contributed by atoms with Gasteiger partial charge < -0.3 is 14.5 Å². The lowest BCUT2D eigenvalue weighted by Crippen LogP contribution is -2.49. The van der Waals surface area contributed by atoms with Gasteiger partial charge in [-0.25, -0.2) is 10.4 Å². The van der Waals surface area contributed by atoms with Crippen molar-refractivity contribution in [3.8, 4) is 0 Å². The molecular formula is C19H22F6N6O3S. The summed E-state index contributed by atoms with van der Waals surface area (Å²) >= 11 is 0.552. The molecule has 1 saturated heterocycles. The second-order valence-corrected chi connectivity index (χ2v) is 8.82. The lowest BCUT2D eigenvalue weighted by atomic mass is 10.0. The SMILES string of the molecule is C[C@@H](COCCC(=O)N1CCN(c2ncc(C(F)(F)F)s2)CC1)N=C1C=NNC(=O)C1C(F)(F)F. The minimum Gasteiger partial charge on any atom is -0.379 e. The average molecular weight is 528 g/mol. The molecule has 1 unspecified atom stereocenters. The number of piperazine rings is 1. The molecule has 0 bridgehead atoms. The normalized spacial score (nSPS) is 21.4. The summed E-state index contributed by atoms with van der Waals surface area (Å²) in [5.41, 5.74) is 1.24. The zero-order chi connectivity index (χ0) is 25.8. The number of thiazole rings is 1. The van der Waals surface area contributed by atoms with Crippen molar-refractivity contribution in [1.82, 2.24) is 15.3 Å². The Bertz CT molecular complexity index is 971. The fourth-order valence-electron chi connectivity index (χ4n) is 3.41. The van der Waals surface area contributed by atoms with E-state index in [4.69, 9.17) is 4.74 Å². The first-order chi connectivity index (χ1) is 16.4. The van der Waals surface area contributed by atoms with Crippen molar-refractivity contribution in [2.45, 2.75) is 31.7 Å². The average Bonchev–Trinajstić information content (AvgIpc) is 3.27. The first-order valence-electron chi connectivity index (χ1n) is 10.5. The molecule has 1 fully saturated rings. The lowest BCUT2D eigenvalue weighted by Gasteiger charge is -2.34. The van der Waals surface area contributed by atoms with Crippen LogP contribution in [0.4, 0.5) is 31.5 Å². The van der Waals surface area contributed by atoms with Gasteiger partial charge in [0.1, 0.15) is 4.88 Å². The van der Waals surface area contributed by atoms with Crippen LogP contribution in [0.3, 0.4) is 0 Å². The van der Waals surface area contributed by atoms with Crippen LogP contribution in [0.15, 0.2) is 16.3 Å². The van der Waals surface area contributed by atoms with Gasteiger partial charge in [-0.1, -0.05) is 11.3 Å². The van der Waals surface area contributed by atoms with Crippen molar-refractivity contribution < 1.29 is 40.7 Å². The Hall–Kier alpha value is -2.75. The van der Waals surface area contributed by atoms with Crippen molar-refractivity contribution in [3.63, 3.8) is 0 Å². The second kappa shape index (κ2) is 10.9. The van der Waals surface area contributed by atoms with Crippen LogP contribution < -0.4 is 10.3 Å². The van der Waals surface area contributed by atoms with Crippen molar-refractivity contribution in [3.05, 3.63) is 11.1 Å². The number of anilines is 1. The summed E-state index contributed by atoms with van der Waals surface area (Å²) in [4.78, 5) is 34.0. The first-order valence-corrected chi connectivity index (χ1v) is 11.3. The zero-order valence-corrected chi connectivity index (χ0v) is 19.2. The Kier molecular flexibility index (Phi) is 8.35. The number of aromatic nitrogens is 1. The van der Waals surface area contributed by atoms with E-state index in [-0.39, 0.29) is 30.7 Å². The van der Waals surface area contributed by atoms with E-state index in [2.05, 4.69) is 15.1 Å². The number of hydrogen-bond donors (Lipinski definition) is 1. The van der Waals surface area contributed by atoms with Crippen molar-refractivity contribution >= 4 is 40.2 Å². The maximum atomic E-state index is 13.1. The van der Waals surface area contributed by atoms with E-state index in [0.717, 1.165) is 12.4 Å². The summed E-state index contributed by atoms with van der Waals surface area (Å²) in [6.45, 7) is 2.73. The molecule has 9 nitrogen and oxygen atoms in total. The quantitative estimate of drug-likeness (QED) is 0.433. The summed E-state index contributed by atoms with van der Waals surface area (Å²) in [6.07, 6.45) is -7.61. The van der Waals surface area contributed by atoms with Gasteiger partial charge in [-0.05, 0) is 6.92 Å². The number of nitrogens with zero attached hydrogens (tertiary/aromatic N) is 5. The number of amides is 2. The summed E-state index contributed by atoms with van der Waals surface area (Å²) in [7, 11) is 0. The number of carbonyl (C=O) groups excluding carboxylic acids is 2. The van der Waals surface area contributed by atoms with Gasteiger partial charge in [-0.3, -0.25) is 14.6 Å². The Labute approximate surface area is 199 Å². The highest BCUT2D eigenvalue weighted by atomic mass is 32.1. The molecule has 1 aromatic rings. The van der Waals surface area contributed by atoms with Crippen molar-refractivity contribution in [2.75, 3.05) is 44.3 Å². The van der Waals surface area contributed by atoms with Gasteiger partial charge in [-0.15, -0.1) is 0 Å².